The van der Waals surface area contributed by atoms with Crippen LogP contribution in [0.15, 0.2) is 40.9 Å². The number of nitriles is 1. The zero-order chi connectivity index (χ0) is 21.6. The third-order valence-corrected chi connectivity index (χ3v) is 6.65. The minimum absolute atomic E-state index is 0.165. The molecule has 8 nitrogen and oxygen atoms in total. The van der Waals surface area contributed by atoms with Crippen molar-refractivity contribution < 1.29 is 9.53 Å². The van der Waals surface area contributed by atoms with Gasteiger partial charge in [-0.3, -0.25) is 9.36 Å². The first-order valence-electron chi connectivity index (χ1n) is 9.98. The highest BCUT2D eigenvalue weighted by Gasteiger charge is 2.23. The maximum absolute atomic E-state index is 12.5. The largest absolute Gasteiger partial charge is 0.378 e. The van der Waals surface area contributed by atoms with Gasteiger partial charge in [-0.15, -0.1) is 21.5 Å². The van der Waals surface area contributed by atoms with E-state index in [1.807, 2.05) is 16.7 Å². The monoisotopic (exact) mass is 454 g/mol. The highest BCUT2D eigenvalue weighted by atomic mass is 32.2. The normalized spacial score (nSPS) is 13.7. The van der Waals surface area contributed by atoms with Crippen LogP contribution in [0, 0.1) is 11.3 Å². The van der Waals surface area contributed by atoms with Gasteiger partial charge in [-0.2, -0.15) is 5.26 Å². The van der Waals surface area contributed by atoms with Crippen LogP contribution in [0.1, 0.15) is 18.1 Å². The van der Waals surface area contributed by atoms with E-state index in [-0.39, 0.29) is 11.7 Å². The van der Waals surface area contributed by atoms with E-state index in [1.165, 1.54) is 28.7 Å². The van der Waals surface area contributed by atoms with Crippen LogP contribution in [0.3, 0.4) is 0 Å². The SMILES string of the molecule is CCc1ccccc1-n1c(SCC(=O)Nc2sccc2C#N)nnc1N1CCOCC1. The van der Waals surface area contributed by atoms with Crippen LogP contribution in [-0.4, -0.2) is 52.7 Å². The molecule has 1 aliphatic heterocycles. The van der Waals surface area contributed by atoms with E-state index in [2.05, 4.69) is 45.5 Å². The number of benzene rings is 1. The highest BCUT2D eigenvalue weighted by Crippen LogP contribution is 2.30. The van der Waals surface area contributed by atoms with Crippen molar-refractivity contribution in [1.82, 2.24) is 14.8 Å². The molecule has 4 rings (SSSR count). The second-order valence-electron chi connectivity index (χ2n) is 6.81. The predicted molar refractivity (Wildman–Crippen MR) is 122 cm³/mol. The fraction of sp³-hybridized carbons (Fsp3) is 0.333. The minimum atomic E-state index is -0.185. The number of nitrogens with zero attached hydrogens (tertiary/aromatic N) is 5. The molecule has 3 heterocycles. The van der Waals surface area contributed by atoms with Crippen LogP contribution in [0.2, 0.25) is 0 Å². The Balaban J connectivity index is 1.59. The quantitative estimate of drug-likeness (QED) is 0.547. The van der Waals surface area contributed by atoms with Crippen molar-refractivity contribution in [3.8, 4) is 11.8 Å². The lowest BCUT2D eigenvalue weighted by molar-refractivity contribution is -0.113. The number of aromatic nitrogens is 3. The molecule has 0 bridgehead atoms. The number of amides is 1. The molecule has 0 radical (unpaired) electrons. The van der Waals surface area contributed by atoms with E-state index in [9.17, 15) is 4.79 Å². The Bertz CT molecular complexity index is 1100. The molecule has 0 saturated carbocycles. The summed E-state index contributed by atoms with van der Waals surface area (Å²) in [5.41, 5.74) is 2.67. The second kappa shape index (κ2) is 9.96. The molecule has 0 aliphatic carbocycles. The lowest BCUT2D eigenvalue weighted by atomic mass is 10.1. The number of aryl methyl sites for hydroxylation is 1. The molecular weight excluding hydrogens is 432 g/mol. The summed E-state index contributed by atoms with van der Waals surface area (Å²) in [7, 11) is 0. The number of thioether (sulfide) groups is 1. The van der Waals surface area contributed by atoms with Gasteiger partial charge >= 0.3 is 0 Å². The summed E-state index contributed by atoms with van der Waals surface area (Å²) >= 11 is 2.67. The summed E-state index contributed by atoms with van der Waals surface area (Å²) < 4.78 is 7.52. The number of ether oxygens (including phenoxy) is 1. The number of morpholine rings is 1. The number of hydrogen-bond donors (Lipinski definition) is 1. The van der Waals surface area contributed by atoms with Gasteiger partial charge < -0.3 is 15.0 Å². The van der Waals surface area contributed by atoms with E-state index in [0.29, 0.717) is 28.9 Å². The number of thiophene rings is 1. The van der Waals surface area contributed by atoms with Gasteiger partial charge in [0.15, 0.2) is 5.16 Å². The van der Waals surface area contributed by atoms with Crippen molar-refractivity contribution >= 4 is 40.0 Å². The summed E-state index contributed by atoms with van der Waals surface area (Å²) in [6.45, 7) is 4.90. The van der Waals surface area contributed by atoms with E-state index in [1.54, 1.807) is 11.4 Å². The number of para-hydroxylation sites is 1. The molecule has 1 saturated heterocycles. The van der Waals surface area contributed by atoms with Crippen molar-refractivity contribution in [1.29, 1.82) is 5.26 Å². The van der Waals surface area contributed by atoms with Gasteiger partial charge in [0.25, 0.3) is 0 Å². The topological polar surface area (TPSA) is 96.1 Å². The lowest BCUT2D eigenvalue weighted by Crippen LogP contribution is -2.38. The second-order valence-corrected chi connectivity index (χ2v) is 8.67. The van der Waals surface area contributed by atoms with E-state index in [4.69, 9.17) is 10.00 Å². The third-order valence-electron chi connectivity index (χ3n) is 4.89. The van der Waals surface area contributed by atoms with Crippen LogP contribution >= 0.6 is 23.1 Å². The third kappa shape index (κ3) is 4.74. The average Bonchev–Trinajstić information content (AvgIpc) is 3.44. The minimum Gasteiger partial charge on any atom is -0.378 e. The van der Waals surface area contributed by atoms with Gasteiger partial charge in [0.05, 0.1) is 30.2 Å². The number of rotatable bonds is 7. The van der Waals surface area contributed by atoms with Crippen LogP contribution in [0.5, 0.6) is 0 Å². The van der Waals surface area contributed by atoms with Gasteiger partial charge in [-0.1, -0.05) is 36.9 Å². The number of carbonyl (C=O) groups is 1. The molecule has 160 valence electrons. The molecule has 1 amide bonds. The average molecular weight is 455 g/mol. The first-order valence-corrected chi connectivity index (χ1v) is 11.8. The van der Waals surface area contributed by atoms with Gasteiger partial charge in [0, 0.05) is 13.1 Å². The summed E-state index contributed by atoms with van der Waals surface area (Å²) in [5.74, 6) is 0.741. The number of hydrogen-bond acceptors (Lipinski definition) is 8. The zero-order valence-electron chi connectivity index (χ0n) is 17.1. The zero-order valence-corrected chi connectivity index (χ0v) is 18.7. The van der Waals surface area contributed by atoms with Crippen molar-refractivity contribution in [2.24, 2.45) is 0 Å². The van der Waals surface area contributed by atoms with Gasteiger partial charge in [0.1, 0.15) is 11.1 Å². The van der Waals surface area contributed by atoms with Crippen LogP contribution in [-0.2, 0) is 16.0 Å². The fourth-order valence-electron chi connectivity index (χ4n) is 3.35. The maximum Gasteiger partial charge on any atom is 0.235 e. The molecule has 0 unspecified atom stereocenters. The summed E-state index contributed by atoms with van der Waals surface area (Å²) in [5, 5.41) is 23.8. The summed E-state index contributed by atoms with van der Waals surface area (Å²) in [4.78, 5) is 14.7. The molecule has 0 atom stereocenters. The van der Waals surface area contributed by atoms with Gasteiger partial charge in [-0.05, 0) is 29.5 Å². The molecule has 1 N–H and O–H groups in total. The molecule has 1 aliphatic rings. The molecular formula is C21H22N6O2S2. The van der Waals surface area contributed by atoms with E-state index < -0.39 is 0 Å². The van der Waals surface area contributed by atoms with Gasteiger partial charge in [-0.25, -0.2) is 0 Å². The Morgan fingerprint density at radius 2 is 2.10 bits per heavy atom. The number of carbonyl (C=O) groups excluding carboxylic acids is 1. The highest BCUT2D eigenvalue weighted by molar-refractivity contribution is 7.99. The Morgan fingerprint density at radius 3 is 2.87 bits per heavy atom. The molecule has 10 heteroatoms. The molecule has 1 aromatic carbocycles. The summed E-state index contributed by atoms with van der Waals surface area (Å²) in [6, 6.07) is 12.0. The number of nitrogens with one attached hydrogen (secondary N) is 1. The van der Waals surface area contributed by atoms with Crippen LogP contribution < -0.4 is 10.2 Å². The lowest BCUT2D eigenvalue weighted by Gasteiger charge is -2.28. The molecule has 31 heavy (non-hydrogen) atoms. The molecule has 1 fully saturated rings. The predicted octanol–water partition coefficient (Wildman–Crippen LogP) is 3.33. The van der Waals surface area contributed by atoms with Crippen molar-refractivity contribution in [3.05, 3.63) is 46.8 Å². The van der Waals surface area contributed by atoms with Crippen LogP contribution in [0.25, 0.3) is 5.69 Å². The fourth-order valence-corrected chi connectivity index (χ4v) is 4.84. The molecule has 2 aromatic heterocycles. The van der Waals surface area contributed by atoms with E-state index >= 15 is 0 Å². The molecule has 3 aromatic rings. The Labute approximate surface area is 188 Å². The smallest absolute Gasteiger partial charge is 0.235 e. The Morgan fingerprint density at radius 1 is 1.29 bits per heavy atom. The van der Waals surface area contributed by atoms with Crippen molar-refractivity contribution in [2.45, 2.75) is 18.5 Å². The standard InChI is InChI=1S/C21H22N6O2S2/c1-2-15-5-3-4-6-17(15)27-20(26-8-10-29-11-9-26)24-25-21(27)31-14-18(28)23-19-16(13-22)7-12-30-19/h3-7,12H,2,8-11,14H2,1H3,(H,23,28). The number of anilines is 2. The maximum atomic E-state index is 12.5. The van der Waals surface area contributed by atoms with Gasteiger partial charge in [0.2, 0.25) is 11.9 Å². The van der Waals surface area contributed by atoms with Crippen molar-refractivity contribution in [3.63, 3.8) is 0 Å². The Hall–Kier alpha value is -2.87. The first kappa shape index (κ1) is 21.4. The van der Waals surface area contributed by atoms with Crippen molar-refractivity contribution in [2.75, 3.05) is 42.3 Å². The molecule has 0 spiro atoms. The first-order chi connectivity index (χ1) is 15.2. The summed E-state index contributed by atoms with van der Waals surface area (Å²) in [6.07, 6.45) is 0.872. The van der Waals surface area contributed by atoms with E-state index in [0.717, 1.165) is 31.1 Å². The Kier molecular flexibility index (Phi) is 6.86. The van der Waals surface area contributed by atoms with Crippen LogP contribution in [0.4, 0.5) is 10.9 Å².